The third-order valence-corrected chi connectivity index (χ3v) is 6.48. The summed E-state index contributed by atoms with van der Waals surface area (Å²) in [6, 6.07) is 30.5. The lowest BCUT2D eigenvalue weighted by Gasteiger charge is -2.14. The van der Waals surface area contributed by atoms with E-state index in [1.807, 2.05) is 60.7 Å². The summed E-state index contributed by atoms with van der Waals surface area (Å²) < 4.78 is 5.28. The molecule has 0 aliphatic carbocycles. The van der Waals surface area contributed by atoms with Crippen LogP contribution in [0.1, 0.15) is 38.8 Å². The molecule has 0 saturated heterocycles. The minimum atomic E-state index is -0.354. The van der Waals surface area contributed by atoms with E-state index in [-0.39, 0.29) is 5.97 Å². The number of carbonyl (C=O) groups is 1. The SMILES string of the molecule is CCOC(=O)c1cc(Cc2ccccc2)sc1NC(=S)Nc1ccccc1Cc1ccccc1. The number of ether oxygens (including phenoxy) is 1. The maximum atomic E-state index is 12.6. The number of esters is 1. The van der Waals surface area contributed by atoms with Gasteiger partial charge in [-0.05, 0) is 54.4 Å². The zero-order valence-electron chi connectivity index (χ0n) is 18.9. The fourth-order valence-corrected chi connectivity index (χ4v) is 5.01. The van der Waals surface area contributed by atoms with E-state index in [1.165, 1.54) is 22.5 Å². The van der Waals surface area contributed by atoms with Crippen LogP contribution in [0.2, 0.25) is 0 Å². The molecule has 0 spiro atoms. The Labute approximate surface area is 209 Å². The second kappa shape index (κ2) is 11.6. The van der Waals surface area contributed by atoms with Gasteiger partial charge in [0.1, 0.15) is 5.00 Å². The summed E-state index contributed by atoms with van der Waals surface area (Å²) in [5.74, 6) is -0.354. The van der Waals surface area contributed by atoms with Crippen molar-refractivity contribution in [3.63, 3.8) is 0 Å². The number of anilines is 2. The molecule has 0 amide bonds. The third kappa shape index (κ3) is 6.31. The Morgan fingerprint density at radius 2 is 1.47 bits per heavy atom. The maximum Gasteiger partial charge on any atom is 0.341 e. The number of hydrogen-bond acceptors (Lipinski definition) is 4. The van der Waals surface area contributed by atoms with Gasteiger partial charge in [0.25, 0.3) is 0 Å². The van der Waals surface area contributed by atoms with Crippen LogP contribution >= 0.6 is 23.6 Å². The molecule has 0 bridgehead atoms. The molecule has 0 unspecified atom stereocenters. The standard InChI is InChI=1S/C28H26N2O2S2/c1-2-32-27(31)24-19-23(18-21-13-7-4-8-14-21)34-26(24)30-28(33)29-25-16-10-9-15-22(25)17-20-11-5-3-6-12-20/h3-16,19H,2,17-18H2,1H3,(H2,29,30,33). The zero-order valence-corrected chi connectivity index (χ0v) is 20.5. The second-order valence-corrected chi connectivity index (χ2v) is 9.28. The van der Waals surface area contributed by atoms with Gasteiger partial charge < -0.3 is 15.4 Å². The van der Waals surface area contributed by atoms with Crippen molar-refractivity contribution in [2.45, 2.75) is 19.8 Å². The van der Waals surface area contributed by atoms with Gasteiger partial charge in [0.05, 0.1) is 12.2 Å². The van der Waals surface area contributed by atoms with E-state index in [4.69, 9.17) is 17.0 Å². The Morgan fingerprint density at radius 1 is 0.853 bits per heavy atom. The van der Waals surface area contributed by atoms with Gasteiger partial charge in [-0.1, -0.05) is 78.9 Å². The molecule has 172 valence electrons. The lowest BCUT2D eigenvalue weighted by Crippen LogP contribution is -2.20. The van der Waals surface area contributed by atoms with E-state index < -0.39 is 0 Å². The first-order valence-electron chi connectivity index (χ1n) is 11.2. The fraction of sp³-hybridized carbons (Fsp3) is 0.143. The van der Waals surface area contributed by atoms with Crippen molar-refractivity contribution >= 4 is 45.3 Å². The van der Waals surface area contributed by atoms with E-state index in [0.717, 1.165) is 29.0 Å². The van der Waals surface area contributed by atoms with E-state index in [0.29, 0.717) is 22.3 Å². The van der Waals surface area contributed by atoms with E-state index in [9.17, 15) is 4.79 Å². The minimum Gasteiger partial charge on any atom is -0.462 e. The Morgan fingerprint density at radius 3 is 2.15 bits per heavy atom. The highest BCUT2D eigenvalue weighted by atomic mass is 32.1. The van der Waals surface area contributed by atoms with Gasteiger partial charge in [0.15, 0.2) is 5.11 Å². The smallest absolute Gasteiger partial charge is 0.341 e. The van der Waals surface area contributed by atoms with Crippen LogP contribution in [0, 0.1) is 0 Å². The monoisotopic (exact) mass is 486 g/mol. The van der Waals surface area contributed by atoms with Gasteiger partial charge in [-0.15, -0.1) is 11.3 Å². The number of hydrogen-bond donors (Lipinski definition) is 2. The van der Waals surface area contributed by atoms with Crippen molar-refractivity contribution in [3.8, 4) is 0 Å². The predicted molar refractivity (Wildman–Crippen MR) is 145 cm³/mol. The average Bonchev–Trinajstić information content (AvgIpc) is 3.23. The van der Waals surface area contributed by atoms with Gasteiger partial charge >= 0.3 is 5.97 Å². The van der Waals surface area contributed by atoms with Crippen LogP contribution in [0.3, 0.4) is 0 Å². The molecule has 0 aliphatic rings. The van der Waals surface area contributed by atoms with Crippen LogP contribution in [0.15, 0.2) is 91.0 Å². The molecule has 2 N–H and O–H groups in total. The number of thiocarbonyl (C=S) groups is 1. The van der Waals surface area contributed by atoms with E-state index >= 15 is 0 Å². The van der Waals surface area contributed by atoms with Crippen LogP contribution < -0.4 is 10.6 Å². The van der Waals surface area contributed by atoms with Crippen molar-refractivity contribution < 1.29 is 9.53 Å². The molecule has 4 nitrogen and oxygen atoms in total. The van der Waals surface area contributed by atoms with Crippen LogP contribution in [-0.2, 0) is 17.6 Å². The summed E-state index contributed by atoms with van der Waals surface area (Å²) in [6.45, 7) is 2.12. The first-order chi connectivity index (χ1) is 16.6. The molecule has 0 radical (unpaired) electrons. The van der Waals surface area contributed by atoms with Crippen molar-refractivity contribution in [2.75, 3.05) is 17.2 Å². The van der Waals surface area contributed by atoms with Gasteiger partial charge in [-0.3, -0.25) is 0 Å². The molecule has 0 fully saturated rings. The molecule has 4 aromatic rings. The molecule has 1 heterocycles. The van der Waals surface area contributed by atoms with Gasteiger partial charge in [-0.2, -0.15) is 0 Å². The van der Waals surface area contributed by atoms with Gasteiger partial charge in [0, 0.05) is 17.0 Å². The third-order valence-electron chi connectivity index (χ3n) is 5.23. The molecule has 34 heavy (non-hydrogen) atoms. The topological polar surface area (TPSA) is 50.4 Å². The van der Waals surface area contributed by atoms with Crippen LogP contribution in [0.25, 0.3) is 0 Å². The summed E-state index contributed by atoms with van der Waals surface area (Å²) in [5, 5.41) is 7.66. The molecule has 0 aliphatic heterocycles. The lowest BCUT2D eigenvalue weighted by atomic mass is 10.0. The molecule has 3 aromatic carbocycles. The first kappa shape index (κ1) is 23.7. The first-order valence-corrected chi connectivity index (χ1v) is 12.4. The fourth-order valence-electron chi connectivity index (χ4n) is 3.65. The predicted octanol–water partition coefficient (Wildman–Crippen LogP) is 6.92. The molecule has 0 atom stereocenters. The lowest BCUT2D eigenvalue weighted by molar-refractivity contribution is 0.0528. The van der Waals surface area contributed by atoms with Gasteiger partial charge in [0.2, 0.25) is 0 Å². The Kier molecular flexibility index (Phi) is 8.07. The highest BCUT2D eigenvalue weighted by molar-refractivity contribution is 7.80. The number of para-hydroxylation sites is 1. The Hall–Kier alpha value is -3.48. The summed E-state index contributed by atoms with van der Waals surface area (Å²) in [5.41, 5.74) is 4.98. The molecule has 6 heteroatoms. The largest absolute Gasteiger partial charge is 0.462 e. The van der Waals surface area contributed by atoms with Crippen LogP contribution in [-0.4, -0.2) is 17.7 Å². The number of nitrogens with one attached hydrogen (secondary N) is 2. The van der Waals surface area contributed by atoms with Crippen molar-refractivity contribution in [3.05, 3.63) is 118 Å². The van der Waals surface area contributed by atoms with Crippen molar-refractivity contribution in [2.24, 2.45) is 0 Å². The Bertz CT molecular complexity index is 1250. The molecule has 1 aromatic heterocycles. The summed E-state index contributed by atoms with van der Waals surface area (Å²) in [7, 11) is 0. The number of carbonyl (C=O) groups excluding carboxylic acids is 1. The maximum absolute atomic E-state index is 12.6. The zero-order chi connectivity index (χ0) is 23.8. The van der Waals surface area contributed by atoms with Crippen LogP contribution in [0.5, 0.6) is 0 Å². The van der Waals surface area contributed by atoms with Crippen molar-refractivity contribution in [1.82, 2.24) is 0 Å². The minimum absolute atomic E-state index is 0.317. The second-order valence-electron chi connectivity index (χ2n) is 7.74. The molecular weight excluding hydrogens is 460 g/mol. The quantitative estimate of drug-likeness (QED) is 0.209. The van der Waals surface area contributed by atoms with Crippen LogP contribution in [0.4, 0.5) is 10.7 Å². The molecular formula is C28H26N2O2S2. The van der Waals surface area contributed by atoms with E-state index in [1.54, 1.807) is 6.92 Å². The number of thiophene rings is 1. The summed E-state index contributed by atoms with van der Waals surface area (Å²) in [4.78, 5) is 13.7. The Balaban J connectivity index is 1.52. The van der Waals surface area contributed by atoms with Crippen molar-refractivity contribution in [1.29, 1.82) is 0 Å². The molecule has 0 saturated carbocycles. The highest BCUT2D eigenvalue weighted by Gasteiger charge is 2.19. The number of rotatable bonds is 8. The molecule has 4 rings (SSSR count). The summed E-state index contributed by atoms with van der Waals surface area (Å²) >= 11 is 7.14. The van der Waals surface area contributed by atoms with Gasteiger partial charge in [-0.25, -0.2) is 4.79 Å². The van der Waals surface area contributed by atoms with E-state index in [2.05, 4.69) is 41.0 Å². The summed E-state index contributed by atoms with van der Waals surface area (Å²) in [6.07, 6.45) is 1.53. The highest BCUT2D eigenvalue weighted by Crippen LogP contribution is 2.31. The number of benzene rings is 3. The normalized spacial score (nSPS) is 10.5. The average molecular weight is 487 g/mol.